The highest BCUT2D eigenvalue weighted by atomic mass is 16.5. The molecule has 0 spiro atoms. The quantitative estimate of drug-likeness (QED) is 0.640. The normalized spacial score (nSPS) is 16.1. The van der Waals surface area contributed by atoms with Crippen molar-refractivity contribution in [3.8, 4) is 0 Å². The third-order valence-corrected chi connectivity index (χ3v) is 4.55. The SMILES string of the molecule is COC(=O)c1cc(NCC2(C(C)C)CC2)cc(C)c1N. The smallest absolute Gasteiger partial charge is 0.340 e. The van der Waals surface area contributed by atoms with Crippen molar-refractivity contribution in [2.75, 3.05) is 24.7 Å². The Hall–Kier alpha value is -1.71. The number of rotatable bonds is 5. The van der Waals surface area contributed by atoms with Crippen molar-refractivity contribution in [1.29, 1.82) is 0 Å². The molecule has 0 atom stereocenters. The molecule has 2 rings (SSSR count). The van der Waals surface area contributed by atoms with E-state index in [-0.39, 0.29) is 5.97 Å². The van der Waals surface area contributed by atoms with Crippen LogP contribution in [0.1, 0.15) is 42.6 Å². The number of nitrogen functional groups attached to an aromatic ring is 1. The molecule has 0 unspecified atom stereocenters. The van der Waals surface area contributed by atoms with Gasteiger partial charge in [0.25, 0.3) is 0 Å². The third kappa shape index (κ3) is 2.74. The van der Waals surface area contributed by atoms with Crippen LogP contribution < -0.4 is 11.1 Å². The first kappa shape index (κ1) is 14.7. The molecule has 20 heavy (non-hydrogen) atoms. The average molecular weight is 276 g/mol. The molecule has 0 aliphatic heterocycles. The van der Waals surface area contributed by atoms with Gasteiger partial charge in [0.1, 0.15) is 0 Å². The van der Waals surface area contributed by atoms with Gasteiger partial charge in [-0.3, -0.25) is 0 Å². The first-order valence-corrected chi connectivity index (χ1v) is 7.12. The topological polar surface area (TPSA) is 64.3 Å². The molecule has 0 saturated heterocycles. The molecular formula is C16H24N2O2. The average Bonchev–Trinajstić information content (AvgIpc) is 3.20. The maximum Gasteiger partial charge on any atom is 0.340 e. The number of hydrogen-bond donors (Lipinski definition) is 2. The molecule has 0 radical (unpaired) electrons. The van der Waals surface area contributed by atoms with E-state index in [9.17, 15) is 4.79 Å². The van der Waals surface area contributed by atoms with E-state index in [1.165, 1.54) is 20.0 Å². The maximum absolute atomic E-state index is 11.7. The zero-order valence-corrected chi connectivity index (χ0v) is 12.7. The Morgan fingerprint density at radius 3 is 2.60 bits per heavy atom. The maximum atomic E-state index is 11.7. The van der Waals surface area contributed by atoms with Crippen molar-refractivity contribution in [3.63, 3.8) is 0 Å². The molecule has 4 nitrogen and oxygen atoms in total. The van der Waals surface area contributed by atoms with E-state index in [1.807, 2.05) is 13.0 Å². The number of aryl methyl sites for hydroxylation is 1. The van der Waals surface area contributed by atoms with E-state index in [4.69, 9.17) is 10.5 Å². The number of benzene rings is 1. The van der Waals surface area contributed by atoms with Gasteiger partial charge in [0.15, 0.2) is 0 Å². The second kappa shape index (κ2) is 5.35. The first-order chi connectivity index (χ1) is 9.39. The number of carbonyl (C=O) groups excluding carboxylic acids is 1. The Kier molecular flexibility index (Phi) is 3.93. The standard InChI is InChI=1S/C16H24N2O2/c1-10(2)16(5-6-16)9-18-12-7-11(3)14(17)13(8-12)15(19)20-4/h7-8,10,18H,5-6,9,17H2,1-4H3. The van der Waals surface area contributed by atoms with Gasteiger partial charge in [-0.05, 0) is 48.8 Å². The van der Waals surface area contributed by atoms with Crippen LogP contribution in [0.4, 0.5) is 11.4 Å². The fourth-order valence-corrected chi connectivity index (χ4v) is 2.58. The van der Waals surface area contributed by atoms with Crippen LogP contribution in [0.5, 0.6) is 0 Å². The molecule has 3 N–H and O–H groups in total. The fraction of sp³-hybridized carbons (Fsp3) is 0.562. The lowest BCUT2D eigenvalue weighted by atomic mass is 9.92. The summed E-state index contributed by atoms with van der Waals surface area (Å²) in [7, 11) is 1.37. The van der Waals surface area contributed by atoms with Crippen LogP contribution in [0, 0.1) is 18.3 Å². The molecule has 0 heterocycles. The molecule has 4 heteroatoms. The van der Waals surface area contributed by atoms with Crippen LogP contribution >= 0.6 is 0 Å². The summed E-state index contributed by atoms with van der Waals surface area (Å²) in [5, 5.41) is 3.45. The summed E-state index contributed by atoms with van der Waals surface area (Å²) >= 11 is 0. The number of carbonyl (C=O) groups is 1. The Balaban J connectivity index is 2.17. The summed E-state index contributed by atoms with van der Waals surface area (Å²) < 4.78 is 4.78. The van der Waals surface area contributed by atoms with E-state index >= 15 is 0 Å². The third-order valence-electron chi connectivity index (χ3n) is 4.55. The number of nitrogens with two attached hydrogens (primary N) is 1. The number of esters is 1. The van der Waals surface area contributed by atoms with Gasteiger partial charge in [0.2, 0.25) is 0 Å². The predicted molar refractivity (Wildman–Crippen MR) is 81.9 cm³/mol. The summed E-state index contributed by atoms with van der Waals surface area (Å²) in [4.78, 5) is 11.7. The van der Waals surface area contributed by atoms with E-state index in [2.05, 4.69) is 19.2 Å². The molecule has 0 amide bonds. The van der Waals surface area contributed by atoms with Crippen LogP contribution in [0.3, 0.4) is 0 Å². The lowest BCUT2D eigenvalue weighted by molar-refractivity contribution is 0.0602. The summed E-state index contributed by atoms with van der Waals surface area (Å²) in [5.74, 6) is 0.282. The number of nitrogens with one attached hydrogen (secondary N) is 1. The Morgan fingerprint density at radius 2 is 2.10 bits per heavy atom. The van der Waals surface area contributed by atoms with Gasteiger partial charge in [0.05, 0.1) is 12.7 Å². The molecule has 1 saturated carbocycles. The van der Waals surface area contributed by atoms with Crippen LogP contribution in [0.2, 0.25) is 0 Å². The van der Waals surface area contributed by atoms with Crippen LogP contribution in [0.25, 0.3) is 0 Å². The van der Waals surface area contributed by atoms with Gasteiger partial charge < -0.3 is 15.8 Å². The van der Waals surface area contributed by atoms with Crippen LogP contribution in [0.15, 0.2) is 12.1 Å². The van der Waals surface area contributed by atoms with E-state index in [0.717, 1.165) is 17.8 Å². The molecule has 110 valence electrons. The highest BCUT2D eigenvalue weighted by Crippen LogP contribution is 2.51. The van der Waals surface area contributed by atoms with Gasteiger partial charge in [-0.2, -0.15) is 0 Å². The zero-order chi connectivity index (χ0) is 14.9. The van der Waals surface area contributed by atoms with Crippen molar-refractivity contribution in [1.82, 2.24) is 0 Å². The summed E-state index contributed by atoms with van der Waals surface area (Å²) in [6.07, 6.45) is 2.55. The molecular weight excluding hydrogens is 252 g/mol. The lowest BCUT2D eigenvalue weighted by Crippen LogP contribution is -2.21. The van der Waals surface area contributed by atoms with E-state index in [0.29, 0.717) is 22.6 Å². The second-order valence-corrected chi connectivity index (χ2v) is 6.12. The molecule has 0 bridgehead atoms. The molecule has 1 aromatic rings. The number of ether oxygens (including phenoxy) is 1. The number of hydrogen-bond acceptors (Lipinski definition) is 4. The zero-order valence-electron chi connectivity index (χ0n) is 12.7. The minimum absolute atomic E-state index is 0.390. The summed E-state index contributed by atoms with van der Waals surface area (Å²) in [5.41, 5.74) is 9.11. The summed E-state index contributed by atoms with van der Waals surface area (Å²) in [6.45, 7) is 7.38. The second-order valence-electron chi connectivity index (χ2n) is 6.12. The van der Waals surface area contributed by atoms with E-state index < -0.39 is 0 Å². The number of anilines is 2. The Labute approximate surface area is 120 Å². The molecule has 1 aliphatic rings. The molecule has 1 aromatic carbocycles. The monoisotopic (exact) mass is 276 g/mol. The minimum Gasteiger partial charge on any atom is -0.465 e. The Morgan fingerprint density at radius 1 is 1.45 bits per heavy atom. The largest absolute Gasteiger partial charge is 0.465 e. The highest BCUT2D eigenvalue weighted by Gasteiger charge is 2.44. The molecule has 1 fully saturated rings. The van der Waals surface area contributed by atoms with Crippen molar-refractivity contribution in [2.24, 2.45) is 11.3 Å². The van der Waals surface area contributed by atoms with Crippen molar-refractivity contribution in [2.45, 2.75) is 33.6 Å². The van der Waals surface area contributed by atoms with Gasteiger partial charge in [-0.25, -0.2) is 4.79 Å². The highest BCUT2D eigenvalue weighted by molar-refractivity contribution is 5.97. The predicted octanol–water partition coefficient (Wildman–Crippen LogP) is 3.21. The Bertz CT molecular complexity index is 519. The van der Waals surface area contributed by atoms with Crippen molar-refractivity contribution >= 4 is 17.3 Å². The lowest BCUT2D eigenvalue weighted by Gasteiger charge is -2.21. The van der Waals surface area contributed by atoms with Gasteiger partial charge >= 0.3 is 5.97 Å². The molecule has 0 aromatic heterocycles. The first-order valence-electron chi connectivity index (χ1n) is 7.12. The summed E-state index contributed by atoms with van der Waals surface area (Å²) in [6, 6.07) is 3.77. The van der Waals surface area contributed by atoms with Crippen LogP contribution in [-0.4, -0.2) is 19.6 Å². The van der Waals surface area contributed by atoms with Crippen molar-refractivity contribution in [3.05, 3.63) is 23.3 Å². The van der Waals surface area contributed by atoms with E-state index in [1.54, 1.807) is 6.07 Å². The van der Waals surface area contributed by atoms with Gasteiger partial charge in [-0.1, -0.05) is 13.8 Å². The number of methoxy groups -OCH3 is 1. The fourth-order valence-electron chi connectivity index (χ4n) is 2.58. The molecule has 1 aliphatic carbocycles. The minimum atomic E-state index is -0.390. The van der Waals surface area contributed by atoms with Crippen molar-refractivity contribution < 1.29 is 9.53 Å². The van der Waals surface area contributed by atoms with Gasteiger partial charge in [0, 0.05) is 17.9 Å². The van der Waals surface area contributed by atoms with Gasteiger partial charge in [-0.15, -0.1) is 0 Å². The van der Waals surface area contributed by atoms with Crippen LogP contribution in [-0.2, 0) is 4.74 Å².